The maximum atomic E-state index is 16.2. The second-order valence-electron chi connectivity index (χ2n) is 11.1. The van der Waals surface area contributed by atoms with Gasteiger partial charge in [-0.05, 0) is 80.4 Å². The molecule has 0 amide bonds. The highest BCUT2D eigenvalue weighted by Gasteiger charge is 2.22. The molecule has 3 heterocycles. The van der Waals surface area contributed by atoms with Crippen molar-refractivity contribution in [2.75, 3.05) is 20.4 Å². The van der Waals surface area contributed by atoms with Gasteiger partial charge >= 0.3 is 0 Å². The number of nitrogens with zero attached hydrogens (tertiary/aromatic N) is 4. The van der Waals surface area contributed by atoms with Crippen molar-refractivity contribution in [3.63, 3.8) is 0 Å². The number of rotatable bonds is 10. The van der Waals surface area contributed by atoms with E-state index in [9.17, 15) is 4.39 Å². The lowest BCUT2D eigenvalue weighted by molar-refractivity contribution is 0.402. The summed E-state index contributed by atoms with van der Waals surface area (Å²) >= 11 is 0. The smallest absolute Gasteiger partial charge is 0.159 e. The number of hydrogen-bond acceptors (Lipinski definition) is 5. The lowest BCUT2D eigenvalue weighted by Gasteiger charge is -2.13. The summed E-state index contributed by atoms with van der Waals surface area (Å²) in [5.41, 5.74) is 6.30. The fourth-order valence-corrected chi connectivity index (χ4v) is 5.50. The van der Waals surface area contributed by atoms with Gasteiger partial charge in [0.05, 0.1) is 16.6 Å². The molecular formula is C33H35F2N7S. The molecule has 0 aliphatic rings. The van der Waals surface area contributed by atoms with Crippen molar-refractivity contribution < 1.29 is 8.78 Å². The topological polar surface area (TPSA) is 85.5 Å². The quantitative estimate of drug-likeness (QED) is 0.125. The molecule has 0 unspecified atom stereocenters. The second kappa shape index (κ2) is 12.1. The first-order valence-corrected chi connectivity index (χ1v) is 16.0. The summed E-state index contributed by atoms with van der Waals surface area (Å²) in [7, 11) is 2.47. The summed E-state index contributed by atoms with van der Waals surface area (Å²) in [5.74, 6) is 7.66. The Morgan fingerprint density at radius 1 is 1.09 bits per heavy atom. The van der Waals surface area contributed by atoms with Crippen LogP contribution in [-0.2, 0) is 13.1 Å². The molecule has 43 heavy (non-hydrogen) atoms. The van der Waals surface area contributed by atoms with Gasteiger partial charge in [0.1, 0.15) is 17.3 Å². The average Bonchev–Trinajstić information content (AvgIpc) is 3.54. The van der Waals surface area contributed by atoms with Crippen molar-refractivity contribution in [3.05, 3.63) is 107 Å². The number of fused-ring (bicyclic) bond motifs is 1. The zero-order chi connectivity index (χ0) is 30.9. The number of allylic oxidation sites excluding steroid dienone is 2. The van der Waals surface area contributed by atoms with Gasteiger partial charge in [-0.1, -0.05) is 30.5 Å². The average molecular weight is 600 g/mol. The monoisotopic (exact) mass is 599 g/mol. The Hall–Kier alpha value is -4.38. The van der Waals surface area contributed by atoms with Gasteiger partial charge in [0.25, 0.3) is 0 Å². The van der Waals surface area contributed by atoms with Crippen LogP contribution in [0.1, 0.15) is 28.1 Å². The van der Waals surface area contributed by atoms with Crippen LogP contribution in [-0.4, -0.2) is 62.1 Å². The lowest BCUT2D eigenvalue weighted by atomic mass is 9.98. The van der Waals surface area contributed by atoms with E-state index in [1.807, 2.05) is 44.3 Å². The Labute approximate surface area is 251 Å². The standard InChI is InChI=1S/C33H35F2N7S/c1-8-9-27(23-12-21(14-25(34)15-23)17-37-43(5,6)7)31-20(2)38-33(39-31)32-29-28(40-41-32)11-10-26(30(29)35)24-13-22(16-36-18-24)19-42(3)4/h8-16,18,37H,1,5-6,17,19H2,2-4,7H3,(H,38,39)(H,40,41)/b27-9-. The van der Waals surface area contributed by atoms with E-state index in [0.717, 1.165) is 11.1 Å². The van der Waals surface area contributed by atoms with Crippen molar-refractivity contribution in [3.8, 4) is 22.6 Å². The number of pyridine rings is 1. The van der Waals surface area contributed by atoms with Gasteiger partial charge in [0.15, 0.2) is 5.82 Å². The molecule has 0 bridgehead atoms. The molecule has 0 atom stereocenters. The molecule has 7 nitrogen and oxygen atoms in total. The predicted molar refractivity (Wildman–Crippen MR) is 177 cm³/mol. The third-order valence-corrected chi connectivity index (χ3v) is 7.65. The van der Waals surface area contributed by atoms with Crippen LogP contribution in [0.4, 0.5) is 8.78 Å². The van der Waals surface area contributed by atoms with Gasteiger partial charge < -0.3 is 9.88 Å². The zero-order valence-corrected chi connectivity index (χ0v) is 25.6. The van der Waals surface area contributed by atoms with Crippen LogP contribution in [0.25, 0.3) is 39.1 Å². The summed E-state index contributed by atoms with van der Waals surface area (Å²) < 4.78 is 34.3. The zero-order valence-electron chi connectivity index (χ0n) is 24.8. The molecule has 222 valence electrons. The third-order valence-electron chi connectivity index (χ3n) is 6.81. The second-order valence-corrected chi connectivity index (χ2v) is 13.9. The molecule has 5 rings (SSSR count). The van der Waals surface area contributed by atoms with Crippen LogP contribution in [0.5, 0.6) is 0 Å². The van der Waals surface area contributed by atoms with E-state index < -0.39 is 15.2 Å². The van der Waals surface area contributed by atoms with Gasteiger partial charge in [0, 0.05) is 47.9 Å². The first-order valence-electron chi connectivity index (χ1n) is 13.6. The predicted octanol–water partition coefficient (Wildman–Crippen LogP) is 6.58. The van der Waals surface area contributed by atoms with Gasteiger partial charge in [-0.3, -0.25) is 14.8 Å². The summed E-state index contributed by atoms with van der Waals surface area (Å²) in [6, 6.07) is 10.3. The molecule has 0 saturated carbocycles. The van der Waals surface area contributed by atoms with E-state index in [4.69, 9.17) is 4.98 Å². The molecule has 3 aromatic heterocycles. The van der Waals surface area contributed by atoms with E-state index in [1.165, 1.54) is 12.1 Å². The number of imidazole rings is 1. The van der Waals surface area contributed by atoms with E-state index in [1.54, 1.807) is 36.7 Å². The van der Waals surface area contributed by atoms with Crippen molar-refractivity contribution in [2.24, 2.45) is 0 Å². The maximum absolute atomic E-state index is 16.2. The molecule has 0 radical (unpaired) electrons. The van der Waals surface area contributed by atoms with E-state index in [0.29, 0.717) is 69.2 Å². The normalized spacial score (nSPS) is 12.4. The number of nitrogens with one attached hydrogen (secondary N) is 3. The molecule has 0 spiro atoms. The molecular weight excluding hydrogens is 564 g/mol. The number of aromatic nitrogens is 5. The largest absolute Gasteiger partial charge is 0.340 e. The minimum atomic E-state index is -1.48. The highest BCUT2D eigenvalue weighted by Crippen LogP contribution is 2.35. The Morgan fingerprint density at radius 3 is 2.60 bits per heavy atom. The van der Waals surface area contributed by atoms with Crippen LogP contribution < -0.4 is 4.72 Å². The van der Waals surface area contributed by atoms with Crippen LogP contribution in [0, 0.1) is 18.6 Å². The number of H-pyrrole nitrogens is 2. The summed E-state index contributed by atoms with van der Waals surface area (Å²) in [6.07, 6.45) is 8.78. The number of halogens is 2. The molecule has 2 aromatic carbocycles. The minimum Gasteiger partial charge on any atom is -0.340 e. The van der Waals surface area contributed by atoms with Crippen molar-refractivity contribution in [1.82, 2.24) is 34.8 Å². The highest BCUT2D eigenvalue weighted by atomic mass is 32.2. The van der Waals surface area contributed by atoms with E-state index in [2.05, 4.69) is 43.2 Å². The number of aromatic amines is 2. The van der Waals surface area contributed by atoms with Gasteiger partial charge in [-0.2, -0.15) is 14.5 Å². The van der Waals surface area contributed by atoms with Crippen molar-refractivity contribution in [1.29, 1.82) is 0 Å². The molecule has 10 heteroatoms. The minimum absolute atomic E-state index is 0.316. The SMILES string of the molecule is C=C/C=C(/c1cc(F)cc(CNS(=C)(=C)C)c1)c1nc(-c2n[nH]c3ccc(-c4cncc(CN(C)C)c4)c(F)c23)[nH]c1C. The first kappa shape index (κ1) is 30.1. The fourth-order valence-electron chi connectivity index (χ4n) is 4.98. The Kier molecular flexibility index (Phi) is 8.45. The van der Waals surface area contributed by atoms with E-state index in [-0.39, 0.29) is 5.82 Å². The lowest BCUT2D eigenvalue weighted by Crippen LogP contribution is -2.10. The third kappa shape index (κ3) is 6.67. The maximum Gasteiger partial charge on any atom is 0.159 e. The summed E-state index contributed by atoms with van der Waals surface area (Å²) in [5, 5.41) is 7.68. The Morgan fingerprint density at radius 2 is 1.88 bits per heavy atom. The highest BCUT2D eigenvalue weighted by molar-refractivity contribution is 8.25. The van der Waals surface area contributed by atoms with Crippen molar-refractivity contribution in [2.45, 2.75) is 20.0 Å². The first-order chi connectivity index (χ1) is 20.4. The number of benzene rings is 2. The van der Waals surface area contributed by atoms with Crippen LogP contribution in [0.3, 0.4) is 0 Å². The van der Waals surface area contributed by atoms with Crippen LogP contribution in [0.15, 0.2) is 67.5 Å². The summed E-state index contributed by atoms with van der Waals surface area (Å²) in [6.45, 7) is 6.83. The number of hydrogen-bond donors (Lipinski definition) is 3. The molecule has 3 N–H and O–H groups in total. The van der Waals surface area contributed by atoms with E-state index >= 15 is 4.39 Å². The molecule has 0 aliphatic heterocycles. The fraction of sp³-hybridized carbons (Fsp3) is 0.182. The van der Waals surface area contributed by atoms with Gasteiger partial charge in [-0.25, -0.2) is 13.8 Å². The molecule has 0 aliphatic carbocycles. The van der Waals surface area contributed by atoms with Gasteiger partial charge in [-0.15, -0.1) is 0 Å². The van der Waals surface area contributed by atoms with Crippen LogP contribution >= 0.6 is 9.39 Å². The Bertz CT molecular complexity index is 1970. The molecule has 0 fully saturated rings. The molecule has 5 aromatic rings. The molecule has 0 saturated heterocycles. The van der Waals surface area contributed by atoms with Gasteiger partial charge in [0.2, 0.25) is 0 Å². The Balaban J connectivity index is 1.57. The summed E-state index contributed by atoms with van der Waals surface area (Å²) in [4.78, 5) is 14.5. The van der Waals surface area contributed by atoms with Crippen LogP contribution in [0.2, 0.25) is 0 Å². The van der Waals surface area contributed by atoms with Crippen molar-refractivity contribution >= 4 is 37.6 Å². The number of aryl methyl sites for hydroxylation is 1.